The average Bonchev–Trinajstić information content (AvgIpc) is 2.35. The quantitative estimate of drug-likeness (QED) is 0.817. The molecule has 0 aromatic heterocycles. The van der Waals surface area contributed by atoms with E-state index in [1.807, 2.05) is 26.8 Å². The Morgan fingerprint density at radius 2 is 2.05 bits per heavy atom. The first-order valence-corrected chi connectivity index (χ1v) is 8.29. The van der Waals surface area contributed by atoms with Crippen LogP contribution in [0.4, 0.5) is 5.69 Å². The normalized spacial score (nSPS) is 11.1. The van der Waals surface area contributed by atoms with Crippen LogP contribution in [0.5, 0.6) is 0 Å². The summed E-state index contributed by atoms with van der Waals surface area (Å²) in [6.45, 7) is 6.15. The minimum absolute atomic E-state index is 0.113. The van der Waals surface area contributed by atoms with Gasteiger partial charge in [0.15, 0.2) is 0 Å². The summed E-state index contributed by atoms with van der Waals surface area (Å²) in [6, 6.07) is 5.48. The minimum Gasteiger partial charge on any atom is -0.320 e. The molecular formula is C15H22N2O2S. The molecule has 0 heterocycles. The van der Waals surface area contributed by atoms with Gasteiger partial charge in [0, 0.05) is 5.56 Å². The second-order valence-electron chi connectivity index (χ2n) is 5.16. The predicted octanol–water partition coefficient (Wildman–Crippen LogP) is 2.09. The lowest BCUT2D eigenvalue weighted by Crippen LogP contribution is -2.18. The van der Waals surface area contributed by atoms with Gasteiger partial charge in [-0.3, -0.25) is 4.72 Å². The van der Waals surface area contributed by atoms with Gasteiger partial charge in [0.25, 0.3) is 0 Å². The lowest BCUT2D eigenvalue weighted by Gasteiger charge is -2.11. The Morgan fingerprint density at radius 1 is 1.35 bits per heavy atom. The van der Waals surface area contributed by atoms with E-state index < -0.39 is 10.0 Å². The molecule has 0 saturated carbocycles. The van der Waals surface area contributed by atoms with Crippen LogP contribution in [-0.4, -0.2) is 20.7 Å². The zero-order valence-corrected chi connectivity index (χ0v) is 13.0. The molecule has 110 valence electrons. The van der Waals surface area contributed by atoms with E-state index in [1.165, 1.54) is 0 Å². The molecule has 0 saturated heterocycles. The van der Waals surface area contributed by atoms with Crippen LogP contribution < -0.4 is 10.5 Å². The zero-order chi connectivity index (χ0) is 15.2. The molecule has 1 aromatic rings. The van der Waals surface area contributed by atoms with Crippen molar-refractivity contribution in [2.45, 2.75) is 27.2 Å². The summed E-state index contributed by atoms with van der Waals surface area (Å²) in [5.41, 5.74) is 7.50. The maximum Gasteiger partial charge on any atom is 0.232 e. The predicted molar refractivity (Wildman–Crippen MR) is 84.0 cm³/mol. The summed E-state index contributed by atoms with van der Waals surface area (Å²) < 4.78 is 26.7. The topological polar surface area (TPSA) is 72.2 Å². The standard InChI is InChI=1S/C15H22N2O2S/c1-12(2)8-10-20(18,19)17-15-11-13(3)6-7-14(15)5-4-9-16/h6-7,11-12,17H,8-10,16H2,1-3H3. The van der Waals surface area contributed by atoms with Crippen molar-refractivity contribution < 1.29 is 8.42 Å². The van der Waals surface area contributed by atoms with Gasteiger partial charge in [-0.25, -0.2) is 8.42 Å². The highest BCUT2D eigenvalue weighted by Gasteiger charge is 2.13. The van der Waals surface area contributed by atoms with Gasteiger partial charge in [0.05, 0.1) is 18.0 Å². The summed E-state index contributed by atoms with van der Waals surface area (Å²) in [7, 11) is -3.34. The van der Waals surface area contributed by atoms with Gasteiger partial charge in [-0.05, 0) is 37.0 Å². The number of anilines is 1. The summed E-state index contributed by atoms with van der Waals surface area (Å²) in [6.07, 6.45) is 0.630. The van der Waals surface area contributed by atoms with E-state index in [4.69, 9.17) is 5.73 Å². The van der Waals surface area contributed by atoms with Crippen molar-refractivity contribution in [2.75, 3.05) is 17.0 Å². The monoisotopic (exact) mass is 294 g/mol. The van der Waals surface area contributed by atoms with Crippen molar-refractivity contribution in [1.82, 2.24) is 0 Å². The number of nitrogens with one attached hydrogen (secondary N) is 1. The van der Waals surface area contributed by atoms with E-state index in [2.05, 4.69) is 16.6 Å². The molecule has 0 aliphatic heterocycles. The van der Waals surface area contributed by atoms with Gasteiger partial charge in [-0.1, -0.05) is 31.8 Å². The van der Waals surface area contributed by atoms with Gasteiger partial charge in [0.2, 0.25) is 10.0 Å². The Morgan fingerprint density at radius 3 is 2.65 bits per heavy atom. The molecule has 20 heavy (non-hydrogen) atoms. The van der Waals surface area contributed by atoms with Crippen LogP contribution in [0.2, 0.25) is 0 Å². The second-order valence-corrected chi connectivity index (χ2v) is 7.00. The molecular weight excluding hydrogens is 272 g/mol. The van der Waals surface area contributed by atoms with Crippen LogP contribution >= 0.6 is 0 Å². The largest absolute Gasteiger partial charge is 0.320 e. The zero-order valence-electron chi connectivity index (χ0n) is 12.2. The molecule has 0 aliphatic rings. The molecule has 0 radical (unpaired) electrons. The smallest absolute Gasteiger partial charge is 0.232 e. The van der Waals surface area contributed by atoms with E-state index in [1.54, 1.807) is 12.1 Å². The number of benzene rings is 1. The van der Waals surface area contributed by atoms with Crippen LogP contribution in [0.15, 0.2) is 18.2 Å². The van der Waals surface area contributed by atoms with E-state index in [0.29, 0.717) is 23.6 Å². The number of sulfonamides is 1. The first-order valence-electron chi connectivity index (χ1n) is 6.64. The number of hydrogen-bond acceptors (Lipinski definition) is 3. The molecule has 0 atom stereocenters. The highest BCUT2D eigenvalue weighted by atomic mass is 32.2. The van der Waals surface area contributed by atoms with Crippen LogP contribution in [0.3, 0.4) is 0 Å². The summed E-state index contributed by atoms with van der Waals surface area (Å²) in [5.74, 6) is 6.09. The van der Waals surface area contributed by atoms with Gasteiger partial charge >= 0.3 is 0 Å². The third-order valence-electron chi connectivity index (χ3n) is 2.73. The van der Waals surface area contributed by atoms with Crippen molar-refractivity contribution in [3.05, 3.63) is 29.3 Å². The lowest BCUT2D eigenvalue weighted by molar-refractivity contribution is 0.578. The molecule has 3 N–H and O–H groups in total. The summed E-state index contributed by atoms with van der Waals surface area (Å²) in [5, 5.41) is 0. The van der Waals surface area contributed by atoms with Crippen LogP contribution in [0, 0.1) is 24.7 Å². The lowest BCUT2D eigenvalue weighted by atomic mass is 10.1. The Balaban J connectivity index is 2.98. The average molecular weight is 294 g/mol. The third kappa shape index (κ3) is 5.64. The Bertz CT molecular complexity index is 610. The maximum atomic E-state index is 12.1. The van der Waals surface area contributed by atoms with E-state index in [9.17, 15) is 8.42 Å². The van der Waals surface area contributed by atoms with Gasteiger partial charge in [0.1, 0.15) is 0 Å². The van der Waals surface area contributed by atoms with E-state index >= 15 is 0 Å². The van der Waals surface area contributed by atoms with E-state index in [-0.39, 0.29) is 12.3 Å². The molecule has 0 bridgehead atoms. The Hall–Kier alpha value is -1.51. The Labute approximate surface area is 121 Å². The number of nitrogens with two attached hydrogens (primary N) is 1. The highest BCUT2D eigenvalue weighted by Crippen LogP contribution is 2.19. The maximum absolute atomic E-state index is 12.1. The number of aryl methyl sites for hydroxylation is 1. The van der Waals surface area contributed by atoms with Crippen LogP contribution in [-0.2, 0) is 10.0 Å². The molecule has 0 aliphatic carbocycles. The van der Waals surface area contributed by atoms with Gasteiger partial charge in [-0.2, -0.15) is 0 Å². The highest BCUT2D eigenvalue weighted by molar-refractivity contribution is 7.92. The molecule has 0 amide bonds. The first kappa shape index (κ1) is 16.5. The number of rotatable bonds is 5. The summed E-state index contributed by atoms with van der Waals surface area (Å²) >= 11 is 0. The molecule has 5 heteroatoms. The fourth-order valence-electron chi connectivity index (χ4n) is 1.61. The van der Waals surface area contributed by atoms with Gasteiger partial charge in [-0.15, -0.1) is 0 Å². The first-order chi connectivity index (χ1) is 9.34. The van der Waals surface area contributed by atoms with Crippen molar-refractivity contribution >= 4 is 15.7 Å². The molecule has 0 unspecified atom stereocenters. The van der Waals surface area contributed by atoms with Crippen LogP contribution in [0.25, 0.3) is 0 Å². The van der Waals surface area contributed by atoms with Gasteiger partial charge < -0.3 is 5.73 Å². The molecule has 0 spiro atoms. The third-order valence-corrected chi connectivity index (χ3v) is 4.03. The van der Waals surface area contributed by atoms with Crippen molar-refractivity contribution in [1.29, 1.82) is 0 Å². The van der Waals surface area contributed by atoms with Crippen LogP contribution in [0.1, 0.15) is 31.4 Å². The fourth-order valence-corrected chi connectivity index (χ4v) is 2.99. The molecule has 1 aromatic carbocycles. The minimum atomic E-state index is -3.34. The second kappa shape index (κ2) is 7.32. The fraction of sp³-hybridized carbons (Fsp3) is 0.467. The van der Waals surface area contributed by atoms with Crippen molar-refractivity contribution in [3.63, 3.8) is 0 Å². The molecule has 1 rings (SSSR count). The molecule has 0 fully saturated rings. The Kier molecular flexibility index (Phi) is 6.05. The van der Waals surface area contributed by atoms with E-state index in [0.717, 1.165) is 5.56 Å². The summed E-state index contributed by atoms with van der Waals surface area (Å²) in [4.78, 5) is 0. The SMILES string of the molecule is Cc1ccc(C#CCN)c(NS(=O)(=O)CCC(C)C)c1. The van der Waals surface area contributed by atoms with Crippen molar-refractivity contribution in [2.24, 2.45) is 11.7 Å². The molecule has 4 nitrogen and oxygen atoms in total. The van der Waals surface area contributed by atoms with Crippen molar-refractivity contribution in [3.8, 4) is 11.8 Å². The number of hydrogen-bond donors (Lipinski definition) is 2.